The highest BCUT2D eigenvalue weighted by atomic mass is 16.5. The fraction of sp³-hybridized carbons (Fsp3) is 0.316. The summed E-state index contributed by atoms with van der Waals surface area (Å²) in [4.78, 5) is 14.3. The second-order valence-corrected chi connectivity index (χ2v) is 5.75. The fourth-order valence-corrected chi connectivity index (χ4v) is 2.75. The number of carbonyl (C=O) groups is 1. The average Bonchev–Trinajstić information content (AvgIpc) is 2.62. The Hall–Kier alpha value is -2.53. The van der Waals surface area contributed by atoms with Crippen molar-refractivity contribution in [2.75, 3.05) is 43.1 Å². The van der Waals surface area contributed by atoms with Crippen LogP contribution in [-0.4, -0.2) is 38.8 Å². The molecule has 126 valence electrons. The first-order chi connectivity index (χ1) is 11.7. The molecule has 0 aliphatic carbocycles. The van der Waals surface area contributed by atoms with Gasteiger partial charge in [-0.05, 0) is 42.8 Å². The first kappa shape index (κ1) is 16.3. The lowest BCUT2D eigenvalue weighted by atomic mass is 10.1. The highest BCUT2D eigenvalue weighted by Gasteiger charge is 2.14. The minimum atomic E-state index is -0.169. The number of ether oxygens (including phenoxy) is 2. The zero-order valence-corrected chi connectivity index (χ0v) is 13.8. The predicted molar refractivity (Wildman–Crippen MR) is 94.8 cm³/mol. The van der Waals surface area contributed by atoms with E-state index in [9.17, 15) is 4.79 Å². The summed E-state index contributed by atoms with van der Waals surface area (Å²) >= 11 is 0. The number of nitrogens with one attached hydrogen (secondary N) is 1. The van der Waals surface area contributed by atoms with Crippen LogP contribution in [0.5, 0.6) is 5.75 Å². The monoisotopic (exact) mass is 326 g/mol. The first-order valence-corrected chi connectivity index (χ1v) is 8.13. The van der Waals surface area contributed by atoms with Crippen molar-refractivity contribution < 1.29 is 14.3 Å². The van der Waals surface area contributed by atoms with Crippen molar-refractivity contribution in [3.63, 3.8) is 0 Å². The molecule has 1 N–H and O–H groups in total. The first-order valence-electron chi connectivity index (χ1n) is 8.13. The molecule has 0 unspecified atom stereocenters. The van der Waals surface area contributed by atoms with E-state index in [1.54, 1.807) is 0 Å². The molecular formula is C19H22N2O3. The van der Waals surface area contributed by atoms with Gasteiger partial charge in [-0.15, -0.1) is 0 Å². The summed E-state index contributed by atoms with van der Waals surface area (Å²) in [6, 6.07) is 15.3. The van der Waals surface area contributed by atoms with E-state index in [1.165, 1.54) is 5.69 Å². The molecule has 5 nitrogen and oxygen atoms in total. The minimum Gasteiger partial charge on any atom is -0.484 e. The smallest absolute Gasteiger partial charge is 0.262 e. The van der Waals surface area contributed by atoms with Gasteiger partial charge in [0.2, 0.25) is 0 Å². The van der Waals surface area contributed by atoms with E-state index in [-0.39, 0.29) is 12.5 Å². The van der Waals surface area contributed by atoms with Gasteiger partial charge in [-0.3, -0.25) is 4.79 Å². The molecule has 5 heteroatoms. The number of carbonyl (C=O) groups excluding carboxylic acids is 1. The molecule has 2 aromatic carbocycles. The van der Waals surface area contributed by atoms with E-state index in [1.807, 2.05) is 48.5 Å². The summed E-state index contributed by atoms with van der Waals surface area (Å²) < 4.78 is 10.8. The number of aryl methyl sites for hydroxylation is 1. The number of para-hydroxylation sites is 1. The van der Waals surface area contributed by atoms with Gasteiger partial charge in [0.1, 0.15) is 5.75 Å². The van der Waals surface area contributed by atoms with Crippen LogP contribution in [0.3, 0.4) is 0 Å². The van der Waals surface area contributed by atoms with Crippen molar-refractivity contribution in [1.29, 1.82) is 0 Å². The van der Waals surface area contributed by atoms with Crippen LogP contribution in [0, 0.1) is 6.92 Å². The number of morpholine rings is 1. The second kappa shape index (κ2) is 7.84. The van der Waals surface area contributed by atoms with E-state index in [0.717, 1.165) is 37.6 Å². The Morgan fingerprint density at radius 3 is 2.62 bits per heavy atom. The summed E-state index contributed by atoms with van der Waals surface area (Å²) in [6.45, 7) is 5.37. The zero-order valence-electron chi connectivity index (χ0n) is 13.8. The number of amides is 1. The van der Waals surface area contributed by atoms with Crippen LogP contribution in [0.25, 0.3) is 0 Å². The molecule has 1 fully saturated rings. The van der Waals surface area contributed by atoms with Crippen LogP contribution in [0.4, 0.5) is 11.4 Å². The van der Waals surface area contributed by atoms with Gasteiger partial charge in [-0.25, -0.2) is 0 Å². The minimum absolute atomic E-state index is 0.00568. The van der Waals surface area contributed by atoms with Crippen LogP contribution in [0.15, 0.2) is 48.5 Å². The normalized spacial score (nSPS) is 14.3. The van der Waals surface area contributed by atoms with E-state index in [2.05, 4.69) is 17.1 Å². The summed E-state index contributed by atoms with van der Waals surface area (Å²) in [5.74, 6) is 0.517. The van der Waals surface area contributed by atoms with Crippen molar-refractivity contribution in [2.24, 2.45) is 0 Å². The number of hydrogen-bond donors (Lipinski definition) is 1. The standard InChI is InChI=1S/C19H22N2O3/c1-15-13-16(7-8-18(15)21-9-11-23-12-10-21)20-19(22)14-24-17-5-3-2-4-6-17/h2-8,13H,9-12,14H2,1H3,(H,20,22). The number of nitrogens with zero attached hydrogens (tertiary/aromatic N) is 1. The molecular weight excluding hydrogens is 304 g/mol. The number of benzene rings is 2. The highest BCUT2D eigenvalue weighted by molar-refractivity contribution is 5.92. The lowest BCUT2D eigenvalue weighted by Crippen LogP contribution is -2.36. The van der Waals surface area contributed by atoms with Crippen LogP contribution in [0.1, 0.15) is 5.56 Å². The maximum Gasteiger partial charge on any atom is 0.262 e. The Labute approximate surface area is 142 Å². The second-order valence-electron chi connectivity index (χ2n) is 5.75. The molecule has 0 atom stereocenters. The molecule has 0 saturated carbocycles. The molecule has 3 rings (SSSR count). The molecule has 1 saturated heterocycles. The quantitative estimate of drug-likeness (QED) is 0.918. The van der Waals surface area contributed by atoms with Gasteiger partial charge in [0.05, 0.1) is 13.2 Å². The largest absolute Gasteiger partial charge is 0.484 e. The van der Waals surface area contributed by atoms with Crippen LogP contribution in [-0.2, 0) is 9.53 Å². The maximum absolute atomic E-state index is 12.0. The molecule has 0 bridgehead atoms. The maximum atomic E-state index is 12.0. The highest BCUT2D eigenvalue weighted by Crippen LogP contribution is 2.24. The van der Waals surface area contributed by atoms with Gasteiger partial charge in [0.15, 0.2) is 6.61 Å². The van der Waals surface area contributed by atoms with Gasteiger partial charge in [-0.1, -0.05) is 18.2 Å². The van der Waals surface area contributed by atoms with Gasteiger partial charge in [-0.2, -0.15) is 0 Å². The summed E-state index contributed by atoms with van der Waals surface area (Å²) in [7, 11) is 0. The summed E-state index contributed by atoms with van der Waals surface area (Å²) in [5.41, 5.74) is 3.11. The predicted octanol–water partition coefficient (Wildman–Crippen LogP) is 2.85. The van der Waals surface area contributed by atoms with Crippen LogP contribution in [0.2, 0.25) is 0 Å². The van der Waals surface area contributed by atoms with Crippen molar-refractivity contribution in [1.82, 2.24) is 0 Å². The third-order valence-electron chi connectivity index (χ3n) is 3.95. The molecule has 0 spiro atoms. The zero-order chi connectivity index (χ0) is 16.8. The Bertz CT molecular complexity index is 682. The van der Waals surface area contributed by atoms with Gasteiger partial charge in [0, 0.05) is 24.5 Å². The molecule has 0 radical (unpaired) electrons. The third kappa shape index (κ3) is 4.26. The van der Waals surface area contributed by atoms with Crippen molar-refractivity contribution in [3.05, 3.63) is 54.1 Å². The Morgan fingerprint density at radius 1 is 1.17 bits per heavy atom. The molecule has 2 aromatic rings. The fourth-order valence-electron chi connectivity index (χ4n) is 2.75. The third-order valence-corrected chi connectivity index (χ3v) is 3.95. The van der Waals surface area contributed by atoms with Crippen LogP contribution < -0.4 is 15.0 Å². The molecule has 0 aromatic heterocycles. The average molecular weight is 326 g/mol. The van der Waals surface area contributed by atoms with Gasteiger partial charge < -0.3 is 19.7 Å². The Morgan fingerprint density at radius 2 is 1.92 bits per heavy atom. The molecule has 24 heavy (non-hydrogen) atoms. The summed E-state index contributed by atoms with van der Waals surface area (Å²) in [6.07, 6.45) is 0. The van der Waals surface area contributed by atoms with Crippen molar-refractivity contribution in [2.45, 2.75) is 6.92 Å². The number of hydrogen-bond acceptors (Lipinski definition) is 4. The van der Waals surface area contributed by atoms with E-state index < -0.39 is 0 Å². The molecule has 1 heterocycles. The van der Waals surface area contributed by atoms with E-state index in [4.69, 9.17) is 9.47 Å². The number of anilines is 2. The van der Waals surface area contributed by atoms with Gasteiger partial charge in [0.25, 0.3) is 5.91 Å². The van der Waals surface area contributed by atoms with Gasteiger partial charge >= 0.3 is 0 Å². The lowest BCUT2D eigenvalue weighted by Gasteiger charge is -2.30. The Balaban J connectivity index is 1.57. The SMILES string of the molecule is Cc1cc(NC(=O)COc2ccccc2)ccc1N1CCOCC1. The van der Waals surface area contributed by atoms with E-state index >= 15 is 0 Å². The van der Waals surface area contributed by atoms with Crippen molar-refractivity contribution >= 4 is 17.3 Å². The van der Waals surface area contributed by atoms with Crippen LogP contribution >= 0.6 is 0 Å². The van der Waals surface area contributed by atoms with Crippen molar-refractivity contribution in [3.8, 4) is 5.75 Å². The number of rotatable bonds is 5. The summed E-state index contributed by atoms with van der Waals surface area (Å²) in [5, 5.41) is 2.88. The molecule has 1 aliphatic heterocycles. The topological polar surface area (TPSA) is 50.8 Å². The van der Waals surface area contributed by atoms with E-state index in [0.29, 0.717) is 5.75 Å². The Kier molecular flexibility index (Phi) is 5.33. The lowest BCUT2D eigenvalue weighted by molar-refractivity contribution is -0.118. The molecule has 1 aliphatic rings. The molecule has 1 amide bonds.